The fourth-order valence-corrected chi connectivity index (χ4v) is 6.32. The second kappa shape index (κ2) is 11.6. The molecule has 8 nitrogen and oxygen atoms in total. The second-order valence-corrected chi connectivity index (χ2v) is 11.3. The lowest BCUT2D eigenvalue weighted by atomic mass is 9.93. The van der Waals surface area contributed by atoms with Crippen LogP contribution in [0.15, 0.2) is 46.7 Å². The standard InChI is InChI=1S/C29H38ClN5O3/c1-19-16-25(36)27-26(19)28(33(2)18-32-27)34-12-14-35(15-13-34)29(37)24(20-4-6-21(30)7-5-20)17-31-22-8-10-23(38-3)11-9-22/h4-7,17-19,22-23,28,31H,8-16H2,1-3H3/b24-17-/t19-,22?,23?,28?/m1/s1. The summed E-state index contributed by atoms with van der Waals surface area (Å²) in [4.78, 5) is 37.1. The highest BCUT2D eigenvalue weighted by molar-refractivity contribution is 6.30. The second-order valence-electron chi connectivity index (χ2n) is 10.9. The largest absolute Gasteiger partial charge is 0.387 e. The number of benzene rings is 1. The SMILES string of the molecule is COC1CCC(N/C=C(\C(=O)N2CCN(C3C4=C(N=CN3C)C(=O)C[C@H]4C)CC2)c2ccc(Cl)cc2)CC1. The van der Waals surface area contributed by atoms with Gasteiger partial charge in [0.1, 0.15) is 11.9 Å². The van der Waals surface area contributed by atoms with Crippen molar-refractivity contribution in [2.75, 3.05) is 40.3 Å². The molecule has 5 rings (SSSR count). The van der Waals surface area contributed by atoms with Gasteiger partial charge >= 0.3 is 0 Å². The van der Waals surface area contributed by atoms with Crippen molar-refractivity contribution in [1.29, 1.82) is 0 Å². The molecule has 38 heavy (non-hydrogen) atoms. The van der Waals surface area contributed by atoms with Crippen molar-refractivity contribution in [2.45, 2.75) is 57.3 Å². The number of Topliss-reactive ketones (excluding diaryl/α,β-unsaturated/α-hetero) is 1. The fourth-order valence-electron chi connectivity index (χ4n) is 6.19. The van der Waals surface area contributed by atoms with Crippen LogP contribution in [0.25, 0.3) is 5.57 Å². The number of hydrogen-bond donors (Lipinski definition) is 1. The molecule has 1 aromatic rings. The Balaban J connectivity index is 1.28. The molecule has 2 heterocycles. The molecule has 0 bridgehead atoms. The molecule has 1 aromatic carbocycles. The Labute approximate surface area is 230 Å². The zero-order valence-corrected chi connectivity index (χ0v) is 23.3. The Morgan fingerprint density at radius 1 is 1.11 bits per heavy atom. The van der Waals surface area contributed by atoms with Crippen molar-refractivity contribution in [1.82, 2.24) is 20.0 Å². The number of allylic oxidation sites excluding steroid dienone is 1. The van der Waals surface area contributed by atoms with Gasteiger partial charge in [-0.3, -0.25) is 14.5 Å². The number of ether oxygens (including phenoxy) is 1. The van der Waals surface area contributed by atoms with Crippen molar-refractivity contribution < 1.29 is 14.3 Å². The van der Waals surface area contributed by atoms with Crippen molar-refractivity contribution >= 4 is 35.2 Å². The number of rotatable bonds is 6. The molecule has 1 amide bonds. The minimum Gasteiger partial charge on any atom is -0.387 e. The average molecular weight is 540 g/mol. The molecule has 1 N–H and O–H groups in total. The highest BCUT2D eigenvalue weighted by Gasteiger charge is 2.41. The fraction of sp³-hybridized carbons (Fsp3) is 0.552. The van der Waals surface area contributed by atoms with Gasteiger partial charge in [0.2, 0.25) is 0 Å². The smallest absolute Gasteiger partial charge is 0.256 e. The summed E-state index contributed by atoms with van der Waals surface area (Å²) >= 11 is 6.14. The van der Waals surface area contributed by atoms with E-state index in [0.717, 1.165) is 49.9 Å². The highest BCUT2D eigenvalue weighted by atomic mass is 35.5. The van der Waals surface area contributed by atoms with Gasteiger partial charge in [-0.25, -0.2) is 4.99 Å². The molecular weight excluding hydrogens is 502 g/mol. The number of nitrogens with one attached hydrogen (secondary N) is 1. The Morgan fingerprint density at radius 2 is 1.79 bits per heavy atom. The van der Waals surface area contributed by atoms with E-state index >= 15 is 0 Å². The summed E-state index contributed by atoms with van der Waals surface area (Å²) in [6, 6.07) is 7.81. The van der Waals surface area contributed by atoms with E-state index in [-0.39, 0.29) is 23.8 Å². The quantitative estimate of drug-likeness (QED) is 0.557. The summed E-state index contributed by atoms with van der Waals surface area (Å²) in [5.74, 6) is 0.344. The van der Waals surface area contributed by atoms with Gasteiger partial charge in [0.25, 0.3) is 5.91 Å². The van der Waals surface area contributed by atoms with E-state index in [2.05, 4.69) is 27.0 Å². The Morgan fingerprint density at radius 3 is 2.45 bits per heavy atom. The van der Waals surface area contributed by atoms with Crippen molar-refractivity contribution in [3.05, 3.63) is 52.3 Å². The molecule has 2 aliphatic carbocycles. The number of carbonyl (C=O) groups excluding carboxylic acids is 2. The zero-order valence-electron chi connectivity index (χ0n) is 22.5. The lowest BCUT2D eigenvalue weighted by Crippen LogP contribution is -2.57. The van der Waals surface area contributed by atoms with Crippen LogP contribution in [-0.4, -0.2) is 91.4 Å². The highest BCUT2D eigenvalue weighted by Crippen LogP contribution is 2.37. The van der Waals surface area contributed by atoms with E-state index in [4.69, 9.17) is 16.3 Å². The lowest BCUT2D eigenvalue weighted by Gasteiger charge is -2.44. The summed E-state index contributed by atoms with van der Waals surface area (Å²) in [5, 5.41) is 4.18. The summed E-state index contributed by atoms with van der Waals surface area (Å²) in [5.41, 5.74) is 3.27. The first-order valence-corrected chi connectivity index (χ1v) is 14.0. The van der Waals surface area contributed by atoms with Gasteiger partial charge in [0.05, 0.1) is 18.0 Å². The van der Waals surface area contributed by atoms with E-state index in [9.17, 15) is 9.59 Å². The first-order chi connectivity index (χ1) is 18.4. The van der Waals surface area contributed by atoms with E-state index in [0.29, 0.717) is 47.9 Å². The van der Waals surface area contributed by atoms with Gasteiger partial charge in [0.15, 0.2) is 5.78 Å². The molecule has 1 saturated carbocycles. The number of hydrogen-bond acceptors (Lipinski definition) is 7. The Hall–Kier alpha value is -2.68. The van der Waals surface area contributed by atoms with Crippen LogP contribution >= 0.6 is 11.6 Å². The maximum atomic E-state index is 13.8. The van der Waals surface area contributed by atoms with Crippen LogP contribution in [-0.2, 0) is 14.3 Å². The topological polar surface area (TPSA) is 77.5 Å². The molecule has 204 valence electrons. The van der Waals surface area contributed by atoms with Crippen LogP contribution in [0, 0.1) is 5.92 Å². The Kier molecular flexibility index (Phi) is 8.21. The molecule has 1 unspecified atom stereocenters. The van der Waals surface area contributed by atoms with E-state index in [1.165, 1.54) is 0 Å². The summed E-state index contributed by atoms with van der Waals surface area (Å²) in [7, 11) is 3.79. The molecule has 4 aliphatic rings. The van der Waals surface area contributed by atoms with Crippen molar-refractivity contribution in [2.24, 2.45) is 10.9 Å². The lowest BCUT2D eigenvalue weighted by molar-refractivity contribution is -0.127. The number of amides is 1. The van der Waals surface area contributed by atoms with Gasteiger partial charge in [-0.05, 0) is 54.9 Å². The van der Waals surface area contributed by atoms with Crippen LogP contribution in [0.5, 0.6) is 0 Å². The first-order valence-electron chi connectivity index (χ1n) is 13.7. The zero-order chi connectivity index (χ0) is 26.8. The summed E-state index contributed by atoms with van der Waals surface area (Å²) < 4.78 is 5.51. The van der Waals surface area contributed by atoms with Gasteiger partial charge in [0, 0.05) is 64.0 Å². The molecule has 0 radical (unpaired) electrons. The van der Waals surface area contributed by atoms with E-state index in [1.54, 1.807) is 13.4 Å². The maximum Gasteiger partial charge on any atom is 0.256 e. The molecular formula is C29H38ClN5O3. The molecule has 2 aliphatic heterocycles. The summed E-state index contributed by atoms with van der Waals surface area (Å²) in [6.45, 7) is 4.81. The number of nitrogens with zero attached hydrogens (tertiary/aromatic N) is 4. The van der Waals surface area contributed by atoms with E-state index in [1.807, 2.05) is 42.4 Å². The van der Waals surface area contributed by atoms with Crippen LogP contribution in [0.1, 0.15) is 44.6 Å². The van der Waals surface area contributed by atoms with E-state index < -0.39 is 0 Å². The van der Waals surface area contributed by atoms with Gasteiger partial charge in [-0.15, -0.1) is 0 Å². The van der Waals surface area contributed by atoms with Crippen molar-refractivity contribution in [3.63, 3.8) is 0 Å². The monoisotopic (exact) mass is 539 g/mol. The normalized spacial score (nSPS) is 28.6. The molecule has 9 heteroatoms. The molecule has 0 spiro atoms. The summed E-state index contributed by atoms with van der Waals surface area (Å²) in [6.07, 6.45) is 8.63. The number of piperazine rings is 1. The average Bonchev–Trinajstić information content (AvgIpc) is 3.22. The third kappa shape index (κ3) is 5.53. The molecule has 1 saturated heterocycles. The van der Waals surface area contributed by atoms with Crippen LogP contribution < -0.4 is 5.32 Å². The number of carbonyl (C=O) groups is 2. The number of halogens is 1. The van der Waals surface area contributed by atoms with Crippen LogP contribution in [0.2, 0.25) is 5.02 Å². The number of likely N-dealkylation sites (N-methyl/N-ethyl adjacent to an activating group) is 1. The minimum absolute atomic E-state index is 0.0105. The predicted octanol–water partition coefficient (Wildman–Crippen LogP) is 3.54. The van der Waals surface area contributed by atoms with Gasteiger partial charge < -0.3 is 19.9 Å². The maximum absolute atomic E-state index is 13.8. The molecule has 0 aromatic heterocycles. The molecule has 2 fully saturated rings. The number of ketones is 1. The third-order valence-electron chi connectivity index (χ3n) is 8.40. The van der Waals surface area contributed by atoms with Crippen LogP contribution in [0.4, 0.5) is 0 Å². The third-order valence-corrected chi connectivity index (χ3v) is 8.65. The predicted molar refractivity (Wildman–Crippen MR) is 150 cm³/mol. The molecule has 2 atom stereocenters. The van der Waals surface area contributed by atoms with Gasteiger partial charge in [-0.1, -0.05) is 30.7 Å². The minimum atomic E-state index is 0.0105. The van der Waals surface area contributed by atoms with Crippen molar-refractivity contribution in [3.8, 4) is 0 Å². The number of aliphatic imine (C=N–C) groups is 1. The number of methoxy groups -OCH3 is 1. The van der Waals surface area contributed by atoms with Gasteiger partial charge in [-0.2, -0.15) is 0 Å². The van der Waals surface area contributed by atoms with Crippen LogP contribution in [0.3, 0.4) is 0 Å². The first kappa shape index (κ1) is 26.9. The Bertz CT molecular complexity index is 1130.